The Hall–Kier alpha value is -3.09. The highest BCUT2D eigenvalue weighted by Gasteiger charge is 2.18. The average Bonchev–Trinajstić information content (AvgIpc) is 2.72. The van der Waals surface area contributed by atoms with Gasteiger partial charge in [0.2, 0.25) is 15.9 Å². The van der Waals surface area contributed by atoms with E-state index in [-0.39, 0.29) is 23.8 Å². The molecule has 0 bridgehead atoms. The quantitative estimate of drug-likeness (QED) is 0.668. The van der Waals surface area contributed by atoms with Gasteiger partial charge in [0.1, 0.15) is 0 Å². The Labute approximate surface area is 170 Å². The number of nitriles is 1. The number of methoxy groups -OCH3 is 2. The lowest BCUT2D eigenvalue weighted by molar-refractivity contribution is -0.130. The lowest BCUT2D eigenvalue weighted by Gasteiger charge is -2.17. The fourth-order valence-electron chi connectivity index (χ4n) is 2.65. The number of hydrogen-bond donors (Lipinski definition) is 1. The van der Waals surface area contributed by atoms with Crippen LogP contribution in [0.3, 0.4) is 0 Å². The molecule has 1 amide bonds. The molecule has 0 fully saturated rings. The summed E-state index contributed by atoms with van der Waals surface area (Å²) in [5, 5.41) is 8.94. The van der Waals surface area contributed by atoms with E-state index < -0.39 is 10.0 Å². The molecule has 0 heterocycles. The molecule has 0 aromatic heterocycles. The summed E-state index contributed by atoms with van der Waals surface area (Å²) in [5.74, 6) is 0.497. The Balaban J connectivity index is 1.94. The maximum absolute atomic E-state index is 12.4. The van der Waals surface area contributed by atoms with Crippen molar-refractivity contribution in [2.45, 2.75) is 17.9 Å². The molecule has 8 nitrogen and oxygen atoms in total. The highest BCUT2D eigenvalue weighted by atomic mass is 32.2. The van der Waals surface area contributed by atoms with Gasteiger partial charge in [-0.15, -0.1) is 0 Å². The van der Waals surface area contributed by atoms with Crippen molar-refractivity contribution < 1.29 is 22.7 Å². The van der Waals surface area contributed by atoms with Gasteiger partial charge >= 0.3 is 0 Å². The molecule has 9 heteroatoms. The number of nitrogens with one attached hydrogen (secondary N) is 1. The Kier molecular flexibility index (Phi) is 7.59. The van der Waals surface area contributed by atoms with Crippen LogP contribution in [0, 0.1) is 11.3 Å². The monoisotopic (exact) mass is 417 g/mol. The second-order valence-corrected chi connectivity index (χ2v) is 7.99. The van der Waals surface area contributed by atoms with Gasteiger partial charge in [-0.05, 0) is 29.8 Å². The van der Waals surface area contributed by atoms with Crippen molar-refractivity contribution in [3.8, 4) is 17.6 Å². The summed E-state index contributed by atoms with van der Waals surface area (Å²) >= 11 is 0. The normalized spacial score (nSPS) is 10.8. The second kappa shape index (κ2) is 9.91. The van der Waals surface area contributed by atoms with E-state index in [9.17, 15) is 13.2 Å². The summed E-state index contributed by atoms with van der Waals surface area (Å²) in [7, 11) is 0.710. The van der Waals surface area contributed by atoms with Crippen LogP contribution in [-0.2, 0) is 21.4 Å². The third-order valence-electron chi connectivity index (χ3n) is 4.20. The molecule has 0 spiro atoms. The third kappa shape index (κ3) is 5.94. The molecule has 0 radical (unpaired) electrons. The van der Waals surface area contributed by atoms with E-state index in [2.05, 4.69) is 10.8 Å². The van der Waals surface area contributed by atoms with Crippen molar-refractivity contribution in [2.75, 3.05) is 27.8 Å². The van der Waals surface area contributed by atoms with Crippen LogP contribution in [0.2, 0.25) is 0 Å². The van der Waals surface area contributed by atoms with Crippen molar-refractivity contribution in [1.29, 1.82) is 5.26 Å². The SMILES string of the molecule is COc1ccc(S(=O)(=O)NCCC(=O)N(C)Cc2cccc(C#N)c2)cc1OC. The van der Waals surface area contributed by atoms with E-state index in [1.165, 1.54) is 37.3 Å². The molecule has 2 aromatic carbocycles. The highest BCUT2D eigenvalue weighted by molar-refractivity contribution is 7.89. The molecule has 2 aromatic rings. The average molecular weight is 417 g/mol. The lowest BCUT2D eigenvalue weighted by Crippen LogP contribution is -2.32. The van der Waals surface area contributed by atoms with Crippen LogP contribution in [0.25, 0.3) is 0 Å². The molecular formula is C20H23N3O5S. The van der Waals surface area contributed by atoms with Crippen molar-refractivity contribution in [2.24, 2.45) is 0 Å². The maximum atomic E-state index is 12.4. The first-order valence-corrected chi connectivity index (χ1v) is 10.2. The Morgan fingerprint density at radius 2 is 1.86 bits per heavy atom. The molecule has 0 saturated carbocycles. The summed E-state index contributed by atoms with van der Waals surface area (Å²) in [6, 6.07) is 13.3. The molecule has 0 saturated heterocycles. The number of hydrogen-bond acceptors (Lipinski definition) is 6. The molecule has 0 aliphatic rings. The number of nitrogens with zero attached hydrogens (tertiary/aromatic N) is 2. The van der Waals surface area contributed by atoms with E-state index in [4.69, 9.17) is 14.7 Å². The van der Waals surface area contributed by atoms with Gasteiger partial charge < -0.3 is 14.4 Å². The van der Waals surface area contributed by atoms with Gasteiger partial charge in [0.05, 0.1) is 30.7 Å². The standard InChI is InChI=1S/C20H23N3O5S/c1-23(14-16-6-4-5-15(11-16)13-21)20(24)9-10-22-29(25,26)17-7-8-18(27-2)19(12-17)28-3/h4-8,11-12,22H,9-10,14H2,1-3H3. The van der Waals surface area contributed by atoms with E-state index >= 15 is 0 Å². The summed E-state index contributed by atoms with van der Waals surface area (Å²) in [5.41, 5.74) is 1.34. The van der Waals surface area contributed by atoms with Crippen LogP contribution in [0.4, 0.5) is 0 Å². The minimum atomic E-state index is -3.80. The molecule has 0 atom stereocenters. The first-order valence-electron chi connectivity index (χ1n) is 8.75. The van der Waals surface area contributed by atoms with E-state index in [0.29, 0.717) is 23.6 Å². The minimum Gasteiger partial charge on any atom is -0.493 e. The van der Waals surface area contributed by atoms with Crippen molar-refractivity contribution in [3.05, 3.63) is 53.6 Å². The summed E-state index contributed by atoms with van der Waals surface area (Å²) in [6.45, 7) is 0.287. The van der Waals surface area contributed by atoms with Gasteiger partial charge in [-0.1, -0.05) is 12.1 Å². The lowest BCUT2D eigenvalue weighted by atomic mass is 10.1. The molecular weight excluding hydrogens is 394 g/mol. The smallest absolute Gasteiger partial charge is 0.240 e. The van der Waals surface area contributed by atoms with Crippen LogP contribution in [0.1, 0.15) is 17.5 Å². The van der Waals surface area contributed by atoms with Crippen LogP contribution in [0.15, 0.2) is 47.4 Å². The number of sulfonamides is 1. The van der Waals surface area contributed by atoms with Gasteiger partial charge in [0.15, 0.2) is 11.5 Å². The fourth-order valence-corrected chi connectivity index (χ4v) is 3.70. The predicted octanol–water partition coefficient (Wildman–Crippen LogP) is 1.90. The second-order valence-electron chi connectivity index (χ2n) is 6.23. The Bertz CT molecular complexity index is 1020. The predicted molar refractivity (Wildman–Crippen MR) is 107 cm³/mol. The number of amides is 1. The van der Waals surface area contributed by atoms with Gasteiger partial charge in [0, 0.05) is 32.6 Å². The Morgan fingerprint density at radius 1 is 1.14 bits per heavy atom. The zero-order valence-electron chi connectivity index (χ0n) is 16.5. The maximum Gasteiger partial charge on any atom is 0.240 e. The number of carbonyl (C=O) groups excluding carboxylic acids is 1. The molecule has 1 N–H and O–H groups in total. The molecule has 0 unspecified atom stereocenters. The van der Waals surface area contributed by atoms with Gasteiger partial charge in [0.25, 0.3) is 0 Å². The molecule has 0 aliphatic carbocycles. The summed E-state index contributed by atoms with van der Waals surface area (Å²) in [6.07, 6.45) is 0.000953. The first-order chi connectivity index (χ1) is 13.8. The zero-order valence-corrected chi connectivity index (χ0v) is 17.3. The number of benzene rings is 2. The number of carbonyl (C=O) groups is 1. The van der Waals surface area contributed by atoms with Crippen LogP contribution >= 0.6 is 0 Å². The van der Waals surface area contributed by atoms with E-state index in [1.54, 1.807) is 25.2 Å². The van der Waals surface area contributed by atoms with E-state index in [1.807, 2.05) is 6.07 Å². The van der Waals surface area contributed by atoms with E-state index in [0.717, 1.165) is 5.56 Å². The van der Waals surface area contributed by atoms with Crippen molar-refractivity contribution in [3.63, 3.8) is 0 Å². The van der Waals surface area contributed by atoms with Gasteiger partial charge in [-0.25, -0.2) is 13.1 Å². The highest BCUT2D eigenvalue weighted by Crippen LogP contribution is 2.29. The summed E-state index contributed by atoms with van der Waals surface area (Å²) < 4.78 is 37.5. The Morgan fingerprint density at radius 3 is 2.52 bits per heavy atom. The molecule has 29 heavy (non-hydrogen) atoms. The van der Waals surface area contributed by atoms with Crippen molar-refractivity contribution >= 4 is 15.9 Å². The molecule has 0 aliphatic heterocycles. The summed E-state index contributed by atoms with van der Waals surface area (Å²) in [4.78, 5) is 13.8. The number of rotatable bonds is 9. The van der Waals surface area contributed by atoms with Gasteiger partial charge in [-0.2, -0.15) is 5.26 Å². The minimum absolute atomic E-state index is 0.000953. The van der Waals surface area contributed by atoms with Gasteiger partial charge in [-0.3, -0.25) is 4.79 Å². The molecule has 154 valence electrons. The fraction of sp³-hybridized carbons (Fsp3) is 0.300. The van der Waals surface area contributed by atoms with Crippen LogP contribution < -0.4 is 14.2 Å². The largest absolute Gasteiger partial charge is 0.493 e. The topological polar surface area (TPSA) is 109 Å². The van der Waals surface area contributed by atoms with Crippen LogP contribution in [-0.4, -0.2) is 47.0 Å². The zero-order chi connectivity index (χ0) is 21.4. The molecule has 2 rings (SSSR count). The van der Waals surface area contributed by atoms with Crippen LogP contribution in [0.5, 0.6) is 11.5 Å². The third-order valence-corrected chi connectivity index (χ3v) is 5.66. The number of ether oxygens (including phenoxy) is 2. The van der Waals surface area contributed by atoms with Crippen molar-refractivity contribution in [1.82, 2.24) is 9.62 Å². The first kappa shape index (κ1) is 22.2.